The molecular formula is C15H13F3O. The van der Waals surface area contributed by atoms with E-state index in [1.54, 1.807) is 0 Å². The molecule has 0 fully saturated rings. The Morgan fingerprint density at radius 2 is 1.53 bits per heavy atom. The molecule has 0 aliphatic heterocycles. The van der Waals surface area contributed by atoms with Crippen LogP contribution in [0.1, 0.15) is 23.7 Å². The second kappa shape index (κ2) is 5.89. The van der Waals surface area contributed by atoms with E-state index in [0.29, 0.717) is 18.6 Å². The first kappa shape index (κ1) is 13.6. The van der Waals surface area contributed by atoms with Gasteiger partial charge in [-0.1, -0.05) is 30.3 Å². The fourth-order valence-corrected chi connectivity index (χ4v) is 1.96. The quantitative estimate of drug-likeness (QED) is 0.893. The molecule has 0 heterocycles. The number of aliphatic hydroxyl groups is 1. The summed E-state index contributed by atoms with van der Waals surface area (Å²) in [6, 6.07) is 10.4. The molecule has 0 saturated carbocycles. The van der Waals surface area contributed by atoms with Crippen molar-refractivity contribution in [2.24, 2.45) is 0 Å². The second-order valence-corrected chi connectivity index (χ2v) is 4.32. The van der Waals surface area contributed by atoms with Gasteiger partial charge in [0.05, 0.1) is 11.7 Å². The summed E-state index contributed by atoms with van der Waals surface area (Å²) in [4.78, 5) is 0. The fourth-order valence-electron chi connectivity index (χ4n) is 1.96. The zero-order chi connectivity index (χ0) is 13.8. The SMILES string of the molecule is OC(CCc1ccccc1)c1c(F)cc(F)cc1F. The average molecular weight is 266 g/mol. The molecule has 2 aromatic rings. The molecule has 0 amide bonds. The smallest absolute Gasteiger partial charge is 0.134 e. The lowest BCUT2D eigenvalue weighted by Crippen LogP contribution is -2.06. The molecule has 1 atom stereocenters. The Balaban J connectivity index is 2.10. The Morgan fingerprint density at radius 3 is 2.11 bits per heavy atom. The number of aryl methyl sites for hydroxylation is 1. The van der Waals surface area contributed by atoms with Crippen molar-refractivity contribution in [1.29, 1.82) is 0 Å². The van der Waals surface area contributed by atoms with Gasteiger partial charge in [0.15, 0.2) is 0 Å². The lowest BCUT2D eigenvalue weighted by atomic mass is 10.0. The standard InChI is InChI=1S/C15H13F3O/c16-11-8-12(17)15(13(18)9-11)14(19)7-6-10-4-2-1-3-5-10/h1-5,8-9,14,19H,6-7H2. The highest BCUT2D eigenvalue weighted by molar-refractivity contribution is 5.23. The molecule has 0 aliphatic carbocycles. The third-order valence-corrected chi connectivity index (χ3v) is 2.93. The number of hydrogen-bond donors (Lipinski definition) is 1. The van der Waals surface area contributed by atoms with Crippen LogP contribution in [0, 0.1) is 17.5 Å². The van der Waals surface area contributed by atoms with Gasteiger partial charge in [-0.25, -0.2) is 13.2 Å². The van der Waals surface area contributed by atoms with Gasteiger partial charge >= 0.3 is 0 Å². The Bertz CT molecular complexity index is 532. The molecule has 19 heavy (non-hydrogen) atoms. The van der Waals surface area contributed by atoms with Crippen LogP contribution in [0.5, 0.6) is 0 Å². The van der Waals surface area contributed by atoms with E-state index < -0.39 is 29.1 Å². The normalized spacial score (nSPS) is 12.4. The minimum atomic E-state index is -1.29. The molecule has 100 valence electrons. The predicted octanol–water partition coefficient (Wildman–Crippen LogP) is 3.77. The predicted molar refractivity (Wildman–Crippen MR) is 66.0 cm³/mol. The van der Waals surface area contributed by atoms with Crippen LogP contribution in [-0.2, 0) is 6.42 Å². The Hall–Kier alpha value is -1.81. The second-order valence-electron chi connectivity index (χ2n) is 4.32. The third kappa shape index (κ3) is 3.35. The van der Waals surface area contributed by atoms with Crippen LogP contribution in [0.3, 0.4) is 0 Å². The third-order valence-electron chi connectivity index (χ3n) is 2.93. The van der Waals surface area contributed by atoms with Crippen molar-refractivity contribution < 1.29 is 18.3 Å². The molecule has 0 bridgehead atoms. The molecule has 0 aromatic heterocycles. The minimum Gasteiger partial charge on any atom is -0.388 e. The lowest BCUT2D eigenvalue weighted by Gasteiger charge is -2.13. The molecule has 4 heteroatoms. The van der Waals surface area contributed by atoms with Gasteiger partial charge in [0.2, 0.25) is 0 Å². The monoisotopic (exact) mass is 266 g/mol. The number of aliphatic hydroxyl groups excluding tert-OH is 1. The molecular weight excluding hydrogens is 253 g/mol. The summed E-state index contributed by atoms with van der Waals surface area (Å²) >= 11 is 0. The van der Waals surface area contributed by atoms with Crippen LogP contribution in [-0.4, -0.2) is 5.11 Å². The van der Waals surface area contributed by atoms with E-state index in [4.69, 9.17) is 0 Å². The zero-order valence-electron chi connectivity index (χ0n) is 10.1. The van der Waals surface area contributed by atoms with Crippen molar-refractivity contribution >= 4 is 0 Å². The number of benzene rings is 2. The topological polar surface area (TPSA) is 20.2 Å². The highest BCUT2D eigenvalue weighted by Gasteiger charge is 2.19. The van der Waals surface area contributed by atoms with Gasteiger partial charge in [0.25, 0.3) is 0 Å². The van der Waals surface area contributed by atoms with E-state index in [0.717, 1.165) is 5.56 Å². The van der Waals surface area contributed by atoms with Crippen molar-refractivity contribution in [3.8, 4) is 0 Å². The molecule has 0 radical (unpaired) electrons. The highest BCUT2D eigenvalue weighted by atomic mass is 19.1. The minimum absolute atomic E-state index is 0.170. The van der Waals surface area contributed by atoms with Crippen LogP contribution in [0.2, 0.25) is 0 Å². The molecule has 1 unspecified atom stereocenters. The number of rotatable bonds is 4. The molecule has 2 aromatic carbocycles. The van der Waals surface area contributed by atoms with E-state index in [1.807, 2.05) is 30.3 Å². The Labute approximate surface area is 109 Å². The molecule has 0 aliphatic rings. The van der Waals surface area contributed by atoms with Crippen molar-refractivity contribution in [2.45, 2.75) is 18.9 Å². The van der Waals surface area contributed by atoms with Crippen molar-refractivity contribution in [3.05, 3.63) is 71.0 Å². The van der Waals surface area contributed by atoms with Crippen molar-refractivity contribution in [2.75, 3.05) is 0 Å². The first-order chi connectivity index (χ1) is 9.08. The molecule has 1 N–H and O–H groups in total. The van der Waals surface area contributed by atoms with E-state index in [9.17, 15) is 18.3 Å². The summed E-state index contributed by atoms with van der Waals surface area (Å²) in [7, 11) is 0. The summed E-state index contributed by atoms with van der Waals surface area (Å²) < 4.78 is 39.7. The van der Waals surface area contributed by atoms with Crippen LogP contribution in [0.4, 0.5) is 13.2 Å². The molecule has 1 nitrogen and oxygen atoms in total. The fraction of sp³-hybridized carbons (Fsp3) is 0.200. The van der Waals surface area contributed by atoms with Gasteiger partial charge in [0, 0.05) is 12.1 Å². The van der Waals surface area contributed by atoms with Crippen LogP contribution < -0.4 is 0 Å². The summed E-state index contributed by atoms with van der Waals surface area (Å²) in [6.45, 7) is 0. The first-order valence-corrected chi connectivity index (χ1v) is 5.94. The van der Waals surface area contributed by atoms with Gasteiger partial charge < -0.3 is 5.11 Å². The van der Waals surface area contributed by atoms with E-state index in [-0.39, 0.29) is 6.42 Å². The molecule has 2 rings (SSSR count). The summed E-state index contributed by atoms with van der Waals surface area (Å²) in [5.74, 6) is -3.11. The molecule has 0 saturated heterocycles. The van der Waals surface area contributed by atoms with Gasteiger partial charge in [-0.05, 0) is 18.4 Å². The molecule has 0 spiro atoms. The van der Waals surface area contributed by atoms with E-state index in [2.05, 4.69) is 0 Å². The lowest BCUT2D eigenvalue weighted by molar-refractivity contribution is 0.158. The number of halogens is 3. The van der Waals surface area contributed by atoms with Gasteiger partial charge in [0.1, 0.15) is 17.5 Å². The highest BCUT2D eigenvalue weighted by Crippen LogP contribution is 2.25. The maximum Gasteiger partial charge on any atom is 0.134 e. The largest absolute Gasteiger partial charge is 0.388 e. The Kier molecular flexibility index (Phi) is 4.22. The van der Waals surface area contributed by atoms with Crippen LogP contribution in [0.15, 0.2) is 42.5 Å². The van der Waals surface area contributed by atoms with Crippen LogP contribution in [0.25, 0.3) is 0 Å². The van der Waals surface area contributed by atoms with Crippen molar-refractivity contribution in [1.82, 2.24) is 0 Å². The van der Waals surface area contributed by atoms with Gasteiger partial charge in [-0.2, -0.15) is 0 Å². The van der Waals surface area contributed by atoms with E-state index >= 15 is 0 Å². The average Bonchev–Trinajstić information content (AvgIpc) is 2.36. The summed E-state index contributed by atoms with van der Waals surface area (Å²) in [5.41, 5.74) is 0.488. The summed E-state index contributed by atoms with van der Waals surface area (Å²) in [6.07, 6.45) is -0.636. The van der Waals surface area contributed by atoms with Gasteiger partial charge in [-0.15, -0.1) is 0 Å². The summed E-state index contributed by atoms with van der Waals surface area (Å²) in [5, 5.41) is 9.83. The van der Waals surface area contributed by atoms with Crippen molar-refractivity contribution in [3.63, 3.8) is 0 Å². The Morgan fingerprint density at radius 1 is 0.947 bits per heavy atom. The maximum absolute atomic E-state index is 13.4. The van der Waals surface area contributed by atoms with E-state index in [1.165, 1.54) is 0 Å². The van der Waals surface area contributed by atoms with Crippen LogP contribution >= 0.6 is 0 Å². The maximum atomic E-state index is 13.4. The first-order valence-electron chi connectivity index (χ1n) is 5.94. The van der Waals surface area contributed by atoms with Gasteiger partial charge in [-0.3, -0.25) is 0 Å². The number of hydrogen-bond acceptors (Lipinski definition) is 1. The zero-order valence-corrected chi connectivity index (χ0v) is 10.1.